The van der Waals surface area contributed by atoms with Gasteiger partial charge in [0, 0.05) is 23.6 Å². The molecule has 0 radical (unpaired) electrons. The van der Waals surface area contributed by atoms with E-state index in [1.165, 1.54) is 23.5 Å². The third-order valence-corrected chi connectivity index (χ3v) is 5.01. The number of thiazole rings is 1. The second-order valence-electron chi connectivity index (χ2n) is 4.66. The molecule has 7 heteroatoms. The van der Waals surface area contributed by atoms with Gasteiger partial charge in [0.05, 0.1) is 10.2 Å². The van der Waals surface area contributed by atoms with Gasteiger partial charge in [0.25, 0.3) is 5.91 Å². The van der Waals surface area contributed by atoms with Crippen molar-refractivity contribution in [1.29, 1.82) is 0 Å². The third kappa shape index (κ3) is 3.30. The van der Waals surface area contributed by atoms with Crippen LogP contribution in [0.1, 0.15) is 11.8 Å². The number of amides is 1. The molecule has 1 aromatic carbocycles. The van der Waals surface area contributed by atoms with Gasteiger partial charge in [0.1, 0.15) is 5.82 Å². The van der Waals surface area contributed by atoms with E-state index >= 15 is 0 Å². The number of carbonyl (C=O) groups is 1. The molecule has 2 aromatic heterocycles. The van der Waals surface area contributed by atoms with Crippen LogP contribution in [0.4, 0.5) is 8.78 Å². The zero-order valence-electron chi connectivity index (χ0n) is 12.1. The topological polar surface area (TPSA) is 34.4 Å². The van der Waals surface area contributed by atoms with Gasteiger partial charge in [-0.3, -0.25) is 4.79 Å². The van der Waals surface area contributed by atoms with Gasteiger partial charge in [0.15, 0.2) is 10.6 Å². The smallest absolute Gasteiger partial charge is 0.272 e. The summed E-state index contributed by atoms with van der Waals surface area (Å²) in [5.74, 6) is -1.73. The summed E-state index contributed by atoms with van der Waals surface area (Å²) < 4.78 is 29.3. The second-order valence-corrected chi connectivity index (χ2v) is 6.65. The Morgan fingerprint density at radius 2 is 2.22 bits per heavy atom. The molecule has 3 aromatic rings. The number of rotatable bonds is 3. The Kier molecular flexibility index (Phi) is 4.49. The van der Waals surface area contributed by atoms with Crippen LogP contribution >= 0.6 is 22.7 Å². The van der Waals surface area contributed by atoms with Crippen LogP contribution in [-0.2, 0) is 11.3 Å². The van der Waals surface area contributed by atoms with Crippen molar-refractivity contribution in [3.05, 3.63) is 57.0 Å². The van der Waals surface area contributed by atoms with E-state index in [9.17, 15) is 13.6 Å². The molecule has 0 unspecified atom stereocenters. The lowest BCUT2D eigenvalue weighted by atomic mass is 10.3. The molecule has 0 aliphatic carbocycles. The SMILES string of the molecule is CCn1c(=NC(=O)/C=C/c2cccs2)sc2cc(F)cc(F)c21. The predicted octanol–water partition coefficient (Wildman–Crippen LogP) is 4.20. The molecule has 23 heavy (non-hydrogen) atoms. The van der Waals surface area contributed by atoms with E-state index in [-0.39, 0.29) is 5.52 Å². The van der Waals surface area contributed by atoms with Crippen molar-refractivity contribution in [2.24, 2.45) is 4.99 Å². The maximum atomic E-state index is 14.0. The fourth-order valence-corrected chi connectivity index (χ4v) is 3.94. The quantitative estimate of drug-likeness (QED) is 0.652. The predicted molar refractivity (Wildman–Crippen MR) is 89.3 cm³/mol. The summed E-state index contributed by atoms with van der Waals surface area (Å²) in [5.41, 5.74) is 0.271. The summed E-state index contributed by atoms with van der Waals surface area (Å²) in [6.07, 6.45) is 3.05. The van der Waals surface area contributed by atoms with Crippen LogP contribution < -0.4 is 4.80 Å². The maximum Gasteiger partial charge on any atom is 0.272 e. The van der Waals surface area contributed by atoms with Gasteiger partial charge in [-0.25, -0.2) is 8.78 Å². The Balaban J connectivity index is 2.05. The summed E-state index contributed by atoms with van der Waals surface area (Å²) in [5, 5.41) is 1.91. The molecule has 1 amide bonds. The van der Waals surface area contributed by atoms with Crippen molar-refractivity contribution in [2.45, 2.75) is 13.5 Å². The molecule has 0 aliphatic heterocycles. The van der Waals surface area contributed by atoms with Gasteiger partial charge in [0.2, 0.25) is 0 Å². The highest BCUT2D eigenvalue weighted by atomic mass is 32.1. The number of nitrogens with zero attached hydrogens (tertiary/aromatic N) is 2. The molecule has 0 fully saturated rings. The van der Waals surface area contributed by atoms with Crippen molar-refractivity contribution in [3.63, 3.8) is 0 Å². The van der Waals surface area contributed by atoms with Gasteiger partial charge >= 0.3 is 0 Å². The zero-order chi connectivity index (χ0) is 16.4. The van der Waals surface area contributed by atoms with E-state index in [0.29, 0.717) is 16.0 Å². The minimum atomic E-state index is -0.652. The molecular weight excluding hydrogens is 338 g/mol. The van der Waals surface area contributed by atoms with Crippen LogP contribution in [-0.4, -0.2) is 10.5 Å². The summed E-state index contributed by atoms with van der Waals surface area (Å²) in [4.78, 5) is 17.3. The summed E-state index contributed by atoms with van der Waals surface area (Å²) in [7, 11) is 0. The normalized spacial score (nSPS) is 12.6. The number of aryl methyl sites for hydroxylation is 1. The van der Waals surface area contributed by atoms with Crippen molar-refractivity contribution in [1.82, 2.24) is 4.57 Å². The number of aromatic nitrogens is 1. The number of carbonyl (C=O) groups excluding carboxylic acids is 1. The lowest BCUT2D eigenvalue weighted by Crippen LogP contribution is -2.15. The lowest BCUT2D eigenvalue weighted by molar-refractivity contribution is -0.113. The third-order valence-electron chi connectivity index (χ3n) is 3.15. The Morgan fingerprint density at radius 3 is 2.91 bits per heavy atom. The second kappa shape index (κ2) is 6.55. The first kappa shape index (κ1) is 15.8. The average Bonchev–Trinajstić information content (AvgIpc) is 3.12. The molecular formula is C16H12F2N2OS2. The van der Waals surface area contributed by atoms with Crippen LogP contribution in [0, 0.1) is 11.6 Å². The number of thiophene rings is 1. The van der Waals surface area contributed by atoms with Gasteiger partial charge in [-0.05, 0) is 30.5 Å². The van der Waals surface area contributed by atoms with Crippen LogP contribution in [0.5, 0.6) is 0 Å². The van der Waals surface area contributed by atoms with Crippen LogP contribution in [0.25, 0.3) is 16.3 Å². The molecule has 0 N–H and O–H groups in total. The molecule has 0 aliphatic rings. The van der Waals surface area contributed by atoms with E-state index in [1.54, 1.807) is 10.6 Å². The molecule has 0 bridgehead atoms. The number of benzene rings is 1. The summed E-state index contributed by atoms with van der Waals surface area (Å²) >= 11 is 2.60. The number of hydrogen-bond acceptors (Lipinski definition) is 3. The Hall–Kier alpha value is -2.12. The molecule has 3 rings (SSSR count). The van der Waals surface area contributed by atoms with Crippen LogP contribution in [0.15, 0.2) is 40.7 Å². The highest BCUT2D eigenvalue weighted by Gasteiger charge is 2.12. The van der Waals surface area contributed by atoms with Gasteiger partial charge in [-0.2, -0.15) is 4.99 Å². The Labute approximate surface area is 138 Å². The lowest BCUT2D eigenvalue weighted by Gasteiger charge is -2.01. The standard InChI is InChI=1S/C16H12F2N2OS2/c1-2-20-15-12(18)8-10(17)9-13(15)23-16(20)19-14(21)6-5-11-4-3-7-22-11/h3-9H,2H2,1H3/b6-5+,19-16?. The summed E-state index contributed by atoms with van der Waals surface area (Å²) in [6.45, 7) is 2.25. The first-order valence-electron chi connectivity index (χ1n) is 6.87. The van der Waals surface area contributed by atoms with Crippen molar-refractivity contribution >= 4 is 44.9 Å². The Bertz CT molecular complexity index is 953. The van der Waals surface area contributed by atoms with Crippen LogP contribution in [0.3, 0.4) is 0 Å². The molecule has 0 spiro atoms. The molecule has 118 valence electrons. The van der Waals surface area contributed by atoms with E-state index < -0.39 is 17.5 Å². The molecule has 3 nitrogen and oxygen atoms in total. The highest BCUT2D eigenvalue weighted by Crippen LogP contribution is 2.22. The number of halogens is 2. The van der Waals surface area contributed by atoms with E-state index in [1.807, 2.05) is 24.4 Å². The van der Waals surface area contributed by atoms with Gasteiger partial charge in [-0.1, -0.05) is 17.4 Å². The van der Waals surface area contributed by atoms with Crippen molar-refractivity contribution < 1.29 is 13.6 Å². The summed E-state index contributed by atoms with van der Waals surface area (Å²) in [6, 6.07) is 5.86. The fourth-order valence-electron chi connectivity index (χ4n) is 2.18. The molecule has 2 heterocycles. The van der Waals surface area contributed by atoms with E-state index in [0.717, 1.165) is 22.3 Å². The largest absolute Gasteiger partial charge is 0.314 e. The zero-order valence-corrected chi connectivity index (χ0v) is 13.8. The number of hydrogen-bond donors (Lipinski definition) is 0. The minimum Gasteiger partial charge on any atom is -0.314 e. The van der Waals surface area contributed by atoms with Gasteiger partial charge < -0.3 is 4.57 Å². The van der Waals surface area contributed by atoms with E-state index in [2.05, 4.69) is 4.99 Å². The monoisotopic (exact) mass is 350 g/mol. The fraction of sp³-hybridized carbons (Fsp3) is 0.125. The number of fused-ring (bicyclic) bond motifs is 1. The van der Waals surface area contributed by atoms with Crippen molar-refractivity contribution in [3.8, 4) is 0 Å². The molecule has 0 saturated heterocycles. The minimum absolute atomic E-state index is 0.271. The van der Waals surface area contributed by atoms with Crippen molar-refractivity contribution in [2.75, 3.05) is 0 Å². The first-order chi connectivity index (χ1) is 11.1. The highest BCUT2D eigenvalue weighted by molar-refractivity contribution is 7.16. The maximum absolute atomic E-state index is 14.0. The van der Waals surface area contributed by atoms with Gasteiger partial charge in [-0.15, -0.1) is 11.3 Å². The first-order valence-corrected chi connectivity index (χ1v) is 8.56. The Morgan fingerprint density at radius 1 is 1.39 bits per heavy atom. The average molecular weight is 350 g/mol. The van der Waals surface area contributed by atoms with E-state index in [4.69, 9.17) is 0 Å². The molecule has 0 atom stereocenters. The molecule has 0 saturated carbocycles. The van der Waals surface area contributed by atoms with Crippen LogP contribution in [0.2, 0.25) is 0 Å².